The van der Waals surface area contributed by atoms with Crippen molar-refractivity contribution in [1.82, 2.24) is 14.5 Å². The van der Waals surface area contributed by atoms with Gasteiger partial charge < -0.3 is 4.57 Å². The number of fused-ring (bicyclic) bond motifs is 3. The lowest BCUT2D eigenvalue weighted by atomic mass is 10.0. The summed E-state index contributed by atoms with van der Waals surface area (Å²) in [6.07, 6.45) is 7.99. The van der Waals surface area contributed by atoms with Crippen molar-refractivity contribution in [3.8, 4) is 0 Å². The fourth-order valence-corrected chi connectivity index (χ4v) is 4.91. The second-order valence-electron chi connectivity index (χ2n) is 7.54. The standard InChI is InChI=1S/C22H21BrN4O/c23-18-12-25-22-20(18)21-17(11-24-22)19(28)8-10-27(21)16-7-4-9-26(14-16)13-15-5-2-1-3-6-15/h1-3,5-6,8,10-12,16H,4,7,9,13-14H2,(H,24,25)/p+1. The van der Waals surface area contributed by atoms with Crippen LogP contribution in [0.25, 0.3) is 21.9 Å². The zero-order valence-corrected chi connectivity index (χ0v) is 17.1. The fraction of sp³-hybridized carbons (Fsp3) is 0.273. The molecule has 1 aromatic carbocycles. The first kappa shape index (κ1) is 17.6. The molecule has 1 unspecified atom stereocenters. The Morgan fingerprint density at radius 2 is 2.07 bits per heavy atom. The molecule has 4 aromatic rings. The monoisotopic (exact) mass is 437 g/mol. The van der Waals surface area contributed by atoms with Crippen LogP contribution in [0.2, 0.25) is 0 Å². The first-order valence-electron chi connectivity index (χ1n) is 9.69. The molecule has 0 aliphatic carbocycles. The van der Waals surface area contributed by atoms with Crippen LogP contribution >= 0.6 is 15.9 Å². The third-order valence-electron chi connectivity index (χ3n) is 5.72. The van der Waals surface area contributed by atoms with E-state index in [0.717, 1.165) is 58.9 Å². The first-order valence-corrected chi connectivity index (χ1v) is 10.5. The third kappa shape index (κ3) is 3.06. The molecule has 142 valence electrons. The lowest BCUT2D eigenvalue weighted by Crippen LogP contribution is -2.36. The molecule has 0 amide bonds. The Hall–Kier alpha value is -2.44. The van der Waals surface area contributed by atoms with E-state index >= 15 is 0 Å². The van der Waals surface area contributed by atoms with Gasteiger partial charge in [0.2, 0.25) is 0 Å². The molecule has 1 aliphatic rings. The smallest absolute Gasteiger partial charge is 0.287 e. The van der Waals surface area contributed by atoms with E-state index < -0.39 is 0 Å². The number of nitrogens with one attached hydrogen (secondary N) is 2. The van der Waals surface area contributed by atoms with E-state index in [-0.39, 0.29) is 5.43 Å². The molecule has 0 spiro atoms. The lowest BCUT2D eigenvalue weighted by molar-refractivity contribution is -0.345. The number of pyridine rings is 2. The van der Waals surface area contributed by atoms with Crippen molar-refractivity contribution >= 4 is 37.9 Å². The molecule has 1 atom stereocenters. The number of aromatic amines is 2. The molecule has 0 radical (unpaired) electrons. The van der Waals surface area contributed by atoms with Crippen molar-refractivity contribution in [2.45, 2.75) is 25.4 Å². The molecule has 2 N–H and O–H groups in total. The van der Waals surface area contributed by atoms with Gasteiger partial charge in [-0.2, -0.15) is 0 Å². The van der Waals surface area contributed by atoms with Crippen LogP contribution in [0.3, 0.4) is 0 Å². The third-order valence-corrected chi connectivity index (χ3v) is 6.34. The maximum absolute atomic E-state index is 12.5. The molecule has 1 saturated heterocycles. The summed E-state index contributed by atoms with van der Waals surface area (Å²) in [6, 6.07) is 12.7. The summed E-state index contributed by atoms with van der Waals surface area (Å²) in [4.78, 5) is 21.5. The molecule has 4 heterocycles. The van der Waals surface area contributed by atoms with Crippen LogP contribution < -0.4 is 10.4 Å². The van der Waals surface area contributed by atoms with E-state index in [1.165, 1.54) is 5.56 Å². The van der Waals surface area contributed by atoms with Gasteiger partial charge in [-0.15, -0.1) is 0 Å². The topological polar surface area (TPSA) is 55.2 Å². The van der Waals surface area contributed by atoms with Gasteiger partial charge in [0, 0.05) is 31.4 Å². The molecule has 5 rings (SSSR count). The molecular weight excluding hydrogens is 416 g/mol. The number of hydrogen-bond acceptors (Lipinski definition) is 2. The summed E-state index contributed by atoms with van der Waals surface area (Å²) < 4.78 is 3.28. The highest BCUT2D eigenvalue weighted by molar-refractivity contribution is 9.10. The van der Waals surface area contributed by atoms with E-state index in [9.17, 15) is 4.79 Å². The van der Waals surface area contributed by atoms with Gasteiger partial charge in [-0.1, -0.05) is 30.3 Å². The first-order chi connectivity index (χ1) is 13.7. The minimum atomic E-state index is 0.0504. The number of nitrogens with zero attached hydrogens (tertiary/aromatic N) is 2. The number of halogens is 1. The van der Waals surface area contributed by atoms with Crippen molar-refractivity contribution in [3.05, 3.63) is 75.2 Å². The SMILES string of the molecule is O=c1ccn(C2CCCN(Cc3ccccc3)C2)c2c1c[nH+]c1[nH]cc(Br)c12. The Kier molecular flexibility index (Phi) is 4.53. The lowest BCUT2D eigenvalue weighted by Gasteiger charge is -2.34. The van der Waals surface area contributed by atoms with Crippen LogP contribution in [0, 0.1) is 0 Å². The Morgan fingerprint density at radius 1 is 1.21 bits per heavy atom. The molecule has 1 aliphatic heterocycles. The highest BCUT2D eigenvalue weighted by Gasteiger charge is 2.24. The number of benzene rings is 1. The molecule has 6 heteroatoms. The van der Waals surface area contributed by atoms with Crippen LogP contribution in [-0.2, 0) is 6.54 Å². The Balaban J connectivity index is 1.57. The summed E-state index contributed by atoms with van der Waals surface area (Å²) in [6.45, 7) is 3.06. The average Bonchev–Trinajstić information content (AvgIpc) is 3.10. The predicted octanol–water partition coefficient (Wildman–Crippen LogP) is 3.90. The highest BCUT2D eigenvalue weighted by Crippen LogP contribution is 2.31. The number of likely N-dealkylation sites (tertiary alicyclic amines) is 1. The van der Waals surface area contributed by atoms with Gasteiger partial charge in [0.15, 0.2) is 5.43 Å². The van der Waals surface area contributed by atoms with E-state index in [1.807, 2.05) is 18.6 Å². The minimum absolute atomic E-state index is 0.0504. The summed E-state index contributed by atoms with van der Waals surface area (Å²) in [5.74, 6) is 0. The maximum atomic E-state index is 12.5. The Labute approximate surface area is 171 Å². The van der Waals surface area contributed by atoms with E-state index in [2.05, 4.69) is 65.7 Å². The molecule has 0 bridgehead atoms. The average molecular weight is 438 g/mol. The van der Waals surface area contributed by atoms with Gasteiger partial charge in [-0.3, -0.25) is 9.69 Å². The van der Waals surface area contributed by atoms with Crippen LogP contribution in [0.1, 0.15) is 24.4 Å². The van der Waals surface area contributed by atoms with Gasteiger partial charge in [-0.25, -0.2) is 9.97 Å². The fourth-order valence-electron chi connectivity index (χ4n) is 4.41. The van der Waals surface area contributed by atoms with Crippen molar-refractivity contribution in [1.29, 1.82) is 0 Å². The molecule has 28 heavy (non-hydrogen) atoms. The summed E-state index contributed by atoms with van der Waals surface area (Å²) in [7, 11) is 0. The van der Waals surface area contributed by atoms with Gasteiger partial charge in [0.25, 0.3) is 5.65 Å². The van der Waals surface area contributed by atoms with Crippen molar-refractivity contribution in [3.63, 3.8) is 0 Å². The number of rotatable bonds is 3. The maximum Gasteiger partial charge on any atom is 0.287 e. The molecular formula is C22H22BrN4O+. The Morgan fingerprint density at radius 3 is 2.93 bits per heavy atom. The summed E-state index contributed by atoms with van der Waals surface area (Å²) in [5.41, 5.74) is 3.32. The quantitative estimate of drug-likeness (QED) is 0.528. The van der Waals surface area contributed by atoms with Crippen LogP contribution in [0.15, 0.2) is 64.3 Å². The minimum Gasteiger partial charge on any atom is -0.342 e. The van der Waals surface area contributed by atoms with E-state index in [0.29, 0.717) is 6.04 Å². The predicted molar refractivity (Wildman–Crippen MR) is 114 cm³/mol. The van der Waals surface area contributed by atoms with Gasteiger partial charge in [-0.05, 0) is 40.9 Å². The normalized spacial score (nSPS) is 18.1. The largest absolute Gasteiger partial charge is 0.342 e. The van der Waals surface area contributed by atoms with E-state index in [1.54, 1.807) is 6.07 Å². The highest BCUT2D eigenvalue weighted by atomic mass is 79.9. The van der Waals surface area contributed by atoms with Gasteiger partial charge >= 0.3 is 0 Å². The second-order valence-corrected chi connectivity index (χ2v) is 8.40. The summed E-state index contributed by atoms with van der Waals surface area (Å²) >= 11 is 3.65. The van der Waals surface area contributed by atoms with Crippen molar-refractivity contribution in [2.24, 2.45) is 0 Å². The van der Waals surface area contributed by atoms with Crippen molar-refractivity contribution < 1.29 is 4.98 Å². The van der Waals surface area contributed by atoms with Crippen LogP contribution in [-0.4, -0.2) is 27.5 Å². The van der Waals surface area contributed by atoms with Crippen LogP contribution in [0.4, 0.5) is 0 Å². The van der Waals surface area contributed by atoms with Crippen molar-refractivity contribution in [2.75, 3.05) is 13.1 Å². The zero-order chi connectivity index (χ0) is 19.1. The molecule has 0 saturated carbocycles. The van der Waals surface area contributed by atoms with Gasteiger partial charge in [0.05, 0.1) is 15.4 Å². The van der Waals surface area contributed by atoms with E-state index in [4.69, 9.17) is 0 Å². The molecule has 3 aromatic heterocycles. The van der Waals surface area contributed by atoms with Gasteiger partial charge in [0.1, 0.15) is 17.8 Å². The molecule has 5 nitrogen and oxygen atoms in total. The number of hydrogen-bond donors (Lipinski definition) is 1. The number of piperidine rings is 1. The molecule has 1 fully saturated rings. The zero-order valence-electron chi connectivity index (χ0n) is 15.5. The second kappa shape index (κ2) is 7.18. The van der Waals surface area contributed by atoms with Crippen LogP contribution in [0.5, 0.6) is 0 Å². The Bertz CT molecular complexity index is 1200. The number of aromatic nitrogens is 3. The summed E-state index contributed by atoms with van der Waals surface area (Å²) in [5, 5.41) is 1.77. The number of H-pyrrole nitrogens is 2.